The van der Waals surface area contributed by atoms with Gasteiger partial charge in [0.05, 0.1) is 27.4 Å². The third-order valence-corrected chi connectivity index (χ3v) is 4.70. The van der Waals surface area contributed by atoms with Crippen LogP contribution in [0.3, 0.4) is 0 Å². The number of halogens is 1. The zero-order valence-corrected chi connectivity index (χ0v) is 15.1. The predicted molar refractivity (Wildman–Crippen MR) is 93.8 cm³/mol. The number of benzene rings is 2. The second-order valence-corrected chi connectivity index (χ2v) is 6.35. The zero-order valence-electron chi connectivity index (χ0n) is 13.5. The fourth-order valence-electron chi connectivity index (χ4n) is 3.09. The second-order valence-electron chi connectivity index (χ2n) is 5.43. The quantitative estimate of drug-likeness (QED) is 0.881. The minimum absolute atomic E-state index is 0.0611. The van der Waals surface area contributed by atoms with E-state index in [2.05, 4.69) is 39.4 Å². The van der Waals surface area contributed by atoms with Gasteiger partial charge < -0.3 is 19.5 Å². The van der Waals surface area contributed by atoms with Crippen molar-refractivity contribution in [1.82, 2.24) is 5.32 Å². The van der Waals surface area contributed by atoms with Crippen molar-refractivity contribution >= 4 is 15.9 Å². The molecule has 122 valence electrons. The van der Waals surface area contributed by atoms with E-state index in [0.29, 0.717) is 0 Å². The first-order chi connectivity index (χ1) is 11.2. The molecule has 2 aromatic rings. The Kier molecular flexibility index (Phi) is 4.78. The van der Waals surface area contributed by atoms with Crippen molar-refractivity contribution in [2.75, 3.05) is 27.9 Å². The van der Waals surface area contributed by atoms with Gasteiger partial charge in [0.15, 0.2) is 11.5 Å². The normalized spacial score (nSPS) is 16.6. The third-order valence-electron chi connectivity index (χ3n) is 4.20. The molecule has 1 aliphatic rings. The molecule has 0 saturated heterocycles. The Morgan fingerprint density at radius 1 is 0.913 bits per heavy atom. The van der Waals surface area contributed by atoms with Crippen LogP contribution in [0, 0.1) is 0 Å². The third kappa shape index (κ3) is 3.03. The number of fused-ring (bicyclic) bond motifs is 1. The molecular weight excluding hydrogens is 358 g/mol. The van der Waals surface area contributed by atoms with Crippen LogP contribution in [0.15, 0.2) is 34.8 Å². The summed E-state index contributed by atoms with van der Waals surface area (Å²) in [5.41, 5.74) is 3.58. The molecule has 1 heterocycles. The van der Waals surface area contributed by atoms with Crippen LogP contribution in [0.4, 0.5) is 0 Å². The number of methoxy groups -OCH3 is 3. The van der Waals surface area contributed by atoms with Crippen LogP contribution < -0.4 is 19.5 Å². The lowest BCUT2D eigenvalue weighted by molar-refractivity contribution is 0.352. The van der Waals surface area contributed by atoms with Gasteiger partial charge in [0.2, 0.25) is 0 Å². The zero-order chi connectivity index (χ0) is 16.4. The number of nitrogens with one attached hydrogen (secondary N) is 1. The number of rotatable bonds is 4. The Bertz CT molecular complexity index is 718. The van der Waals surface area contributed by atoms with Crippen LogP contribution in [0.25, 0.3) is 0 Å². The van der Waals surface area contributed by atoms with Crippen molar-refractivity contribution in [2.45, 2.75) is 12.5 Å². The lowest BCUT2D eigenvalue weighted by Gasteiger charge is -2.29. The minimum Gasteiger partial charge on any atom is -0.496 e. The topological polar surface area (TPSA) is 39.7 Å². The summed E-state index contributed by atoms with van der Waals surface area (Å²) in [6, 6.07) is 10.3. The van der Waals surface area contributed by atoms with Crippen molar-refractivity contribution in [3.8, 4) is 17.2 Å². The molecule has 1 unspecified atom stereocenters. The first-order valence-electron chi connectivity index (χ1n) is 7.49. The van der Waals surface area contributed by atoms with Crippen LogP contribution in [-0.2, 0) is 6.42 Å². The monoisotopic (exact) mass is 377 g/mol. The van der Waals surface area contributed by atoms with Crippen LogP contribution in [0.5, 0.6) is 17.2 Å². The highest BCUT2D eigenvalue weighted by molar-refractivity contribution is 9.10. The van der Waals surface area contributed by atoms with E-state index in [1.807, 2.05) is 12.1 Å². The van der Waals surface area contributed by atoms with Crippen LogP contribution in [0.1, 0.15) is 22.7 Å². The molecule has 0 aromatic heterocycles. The lowest BCUT2D eigenvalue weighted by atomic mass is 9.89. The maximum Gasteiger partial charge on any atom is 0.161 e. The summed E-state index contributed by atoms with van der Waals surface area (Å²) >= 11 is 3.56. The van der Waals surface area contributed by atoms with Gasteiger partial charge in [-0.3, -0.25) is 0 Å². The molecule has 3 rings (SSSR count). The van der Waals surface area contributed by atoms with Gasteiger partial charge in [-0.2, -0.15) is 0 Å². The largest absolute Gasteiger partial charge is 0.496 e. The highest BCUT2D eigenvalue weighted by Gasteiger charge is 2.26. The van der Waals surface area contributed by atoms with Gasteiger partial charge in [-0.1, -0.05) is 15.9 Å². The SMILES string of the molecule is COc1cc2c(cc1OC)C(c1cc(Br)ccc1OC)NCC2. The van der Waals surface area contributed by atoms with Crippen molar-refractivity contribution in [1.29, 1.82) is 0 Å². The second kappa shape index (κ2) is 6.81. The van der Waals surface area contributed by atoms with E-state index in [0.717, 1.165) is 40.3 Å². The molecule has 5 heteroatoms. The minimum atomic E-state index is 0.0611. The van der Waals surface area contributed by atoms with Crippen molar-refractivity contribution < 1.29 is 14.2 Å². The molecule has 1 atom stereocenters. The van der Waals surface area contributed by atoms with E-state index in [4.69, 9.17) is 14.2 Å². The number of hydrogen-bond acceptors (Lipinski definition) is 4. The average molecular weight is 378 g/mol. The van der Waals surface area contributed by atoms with Gasteiger partial charge >= 0.3 is 0 Å². The van der Waals surface area contributed by atoms with E-state index in [9.17, 15) is 0 Å². The fourth-order valence-corrected chi connectivity index (χ4v) is 3.47. The van der Waals surface area contributed by atoms with E-state index in [1.165, 1.54) is 11.1 Å². The van der Waals surface area contributed by atoms with Crippen LogP contribution in [0.2, 0.25) is 0 Å². The highest BCUT2D eigenvalue weighted by Crippen LogP contribution is 2.40. The van der Waals surface area contributed by atoms with Gasteiger partial charge in [0, 0.05) is 16.6 Å². The number of hydrogen-bond donors (Lipinski definition) is 1. The summed E-state index contributed by atoms with van der Waals surface area (Å²) in [7, 11) is 5.03. The summed E-state index contributed by atoms with van der Waals surface area (Å²) in [4.78, 5) is 0. The molecule has 0 bridgehead atoms. The average Bonchev–Trinajstić information content (AvgIpc) is 2.59. The maximum atomic E-state index is 5.55. The summed E-state index contributed by atoms with van der Waals surface area (Å²) in [5, 5.41) is 3.59. The van der Waals surface area contributed by atoms with E-state index < -0.39 is 0 Å². The maximum absolute atomic E-state index is 5.55. The summed E-state index contributed by atoms with van der Waals surface area (Å²) in [5.74, 6) is 2.38. The molecule has 0 radical (unpaired) electrons. The van der Waals surface area contributed by atoms with Gasteiger partial charge in [-0.15, -0.1) is 0 Å². The summed E-state index contributed by atoms with van der Waals surface area (Å²) in [6.07, 6.45) is 0.961. The molecule has 1 N–H and O–H groups in total. The summed E-state index contributed by atoms with van der Waals surface area (Å²) in [6.45, 7) is 0.906. The standard InChI is InChI=1S/C18H20BrNO3/c1-21-15-5-4-12(19)9-14(15)18-13-10-17(23-3)16(22-2)8-11(13)6-7-20-18/h4-5,8-10,18,20H,6-7H2,1-3H3. The Morgan fingerprint density at radius 2 is 1.61 bits per heavy atom. The lowest BCUT2D eigenvalue weighted by Crippen LogP contribution is -2.31. The molecule has 4 nitrogen and oxygen atoms in total. The molecule has 2 aromatic carbocycles. The Balaban J connectivity index is 2.13. The van der Waals surface area contributed by atoms with E-state index in [1.54, 1.807) is 21.3 Å². The molecule has 0 fully saturated rings. The molecular formula is C18H20BrNO3. The fraction of sp³-hybridized carbons (Fsp3) is 0.333. The van der Waals surface area contributed by atoms with Crippen molar-refractivity contribution in [3.63, 3.8) is 0 Å². The molecule has 1 aliphatic heterocycles. The predicted octanol–water partition coefficient (Wildman–Crippen LogP) is 3.71. The van der Waals surface area contributed by atoms with Crippen LogP contribution in [-0.4, -0.2) is 27.9 Å². The Morgan fingerprint density at radius 3 is 2.30 bits per heavy atom. The molecule has 0 amide bonds. The van der Waals surface area contributed by atoms with Crippen LogP contribution >= 0.6 is 15.9 Å². The molecule has 23 heavy (non-hydrogen) atoms. The smallest absolute Gasteiger partial charge is 0.161 e. The van der Waals surface area contributed by atoms with Gasteiger partial charge in [0.25, 0.3) is 0 Å². The molecule has 0 saturated carbocycles. The van der Waals surface area contributed by atoms with E-state index in [-0.39, 0.29) is 6.04 Å². The first kappa shape index (κ1) is 16.1. The van der Waals surface area contributed by atoms with Crippen molar-refractivity contribution in [3.05, 3.63) is 51.5 Å². The van der Waals surface area contributed by atoms with Gasteiger partial charge in [-0.05, 0) is 47.9 Å². The first-order valence-corrected chi connectivity index (χ1v) is 8.28. The number of ether oxygens (including phenoxy) is 3. The van der Waals surface area contributed by atoms with Gasteiger partial charge in [0.1, 0.15) is 5.75 Å². The molecule has 0 spiro atoms. The Labute approximate surface area is 144 Å². The molecule has 0 aliphatic carbocycles. The van der Waals surface area contributed by atoms with Crippen molar-refractivity contribution in [2.24, 2.45) is 0 Å². The Hall–Kier alpha value is -1.72. The highest BCUT2D eigenvalue weighted by atomic mass is 79.9. The summed E-state index contributed by atoms with van der Waals surface area (Å²) < 4.78 is 17.5. The van der Waals surface area contributed by atoms with E-state index >= 15 is 0 Å². The van der Waals surface area contributed by atoms with Gasteiger partial charge in [-0.25, -0.2) is 0 Å².